The van der Waals surface area contributed by atoms with Crippen LogP contribution in [0.3, 0.4) is 0 Å². The Hall–Kier alpha value is -2.15. The van der Waals surface area contributed by atoms with Gasteiger partial charge in [0, 0.05) is 17.7 Å². The van der Waals surface area contributed by atoms with Crippen LogP contribution < -0.4 is 10.6 Å². The summed E-state index contributed by atoms with van der Waals surface area (Å²) in [5, 5.41) is 12.8. The van der Waals surface area contributed by atoms with Gasteiger partial charge in [0.25, 0.3) is 11.8 Å². The number of nitrogens with zero attached hydrogens (tertiary/aromatic N) is 2. The maximum atomic E-state index is 12.7. The van der Waals surface area contributed by atoms with E-state index in [1.54, 1.807) is 6.07 Å². The number of hydrogen-bond donors (Lipinski definition) is 2. The van der Waals surface area contributed by atoms with Crippen molar-refractivity contribution >= 4 is 28.2 Å². The van der Waals surface area contributed by atoms with E-state index in [0.29, 0.717) is 22.2 Å². The van der Waals surface area contributed by atoms with Crippen molar-refractivity contribution in [3.63, 3.8) is 0 Å². The molecule has 0 atom stereocenters. The van der Waals surface area contributed by atoms with Crippen molar-refractivity contribution in [2.75, 3.05) is 5.32 Å². The highest BCUT2D eigenvalue weighted by molar-refractivity contribution is 7.14. The molecular formula is C19H24N4O2S. The van der Waals surface area contributed by atoms with Crippen LogP contribution in [0.4, 0.5) is 5.00 Å². The molecule has 2 amide bonds. The lowest BCUT2D eigenvalue weighted by Crippen LogP contribution is -2.27. The van der Waals surface area contributed by atoms with E-state index in [2.05, 4.69) is 36.5 Å². The van der Waals surface area contributed by atoms with Gasteiger partial charge in [-0.1, -0.05) is 0 Å². The van der Waals surface area contributed by atoms with E-state index in [4.69, 9.17) is 0 Å². The number of anilines is 1. The van der Waals surface area contributed by atoms with E-state index in [-0.39, 0.29) is 23.4 Å². The zero-order valence-corrected chi connectivity index (χ0v) is 16.2. The Kier molecular flexibility index (Phi) is 4.14. The summed E-state index contributed by atoms with van der Waals surface area (Å²) in [6.07, 6.45) is 4.37. The first-order valence-corrected chi connectivity index (χ1v) is 10.0. The third-order valence-electron chi connectivity index (χ3n) is 4.65. The molecule has 2 saturated carbocycles. The summed E-state index contributed by atoms with van der Waals surface area (Å²) in [5.74, 6) is 0.116. The molecule has 0 unspecified atom stereocenters. The Labute approximate surface area is 157 Å². The van der Waals surface area contributed by atoms with Crippen LogP contribution in [0.2, 0.25) is 0 Å². The average molecular weight is 372 g/mol. The number of carbonyl (C=O) groups is 2. The summed E-state index contributed by atoms with van der Waals surface area (Å²) in [7, 11) is 0. The molecule has 26 heavy (non-hydrogen) atoms. The normalized spacial score (nSPS) is 17.2. The second kappa shape index (κ2) is 6.23. The molecule has 0 radical (unpaired) electrons. The highest BCUT2D eigenvalue weighted by atomic mass is 32.1. The molecule has 138 valence electrons. The summed E-state index contributed by atoms with van der Waals surface area (Å²) < 4.78 is 1.97. The molecule has 0 bridgehead atoms. The van der Waals surface area contributed by atoms with Gasteiger partial charge in [0.15, 0.2) is 5.69 Å². The van der Waals surface area contributed by atoms with E-state index in [1.807, 2.05) is 16.1 Å². The number of hydrogen-bond acceptors (Lipinski definition) is 4. The molecule has 2 fully saturated rings. The Morgan fingerprint density at radius 1 is 1.19 bits per heavy atom. The van der Waals surface area contributed by atoms with Crippen LogP contribution in [-0.2, 0) is 5.54 Å². The quantitative estimate of drug-likeness (QED) is 0.840. The van der Waals surface area contributed by atoms with Crippen LogP contribution in [0.25, 0.3) is 0 Å². The summed E-state index contributed by atoms with van der Waals surface area (Å²) in [6, 6.07) is 3.94. The van der Waals surface area contributed by atoms with Gasteiger partial charge in [0.1, 0.15) is 5.00 Å². The summed E-state index contributed by atoms with van der Waals surface area (Å²) in [6.45, 7) is 6.27. The smallest absolute Gasteiger partial charge is 0.276 e. The average Bonchev–Trinajstić information content (AvgIpc) is 3.48. The first kappa shape index (κ1) is 17.3. The highest BCUT2D eigenvalue weighted by Crippen LogP contribution is 2.41. The summed E-state index contributed by atoms with van der Waals surface area (Å²) in [5.41, 5.74) is 1.88. The topological polar surface area (TPSA) is 76.0 Å². The number of carbonyl (C=O) groups excluding carboxylic acids is 2. The molecule has 0 saturated heterocycles. The van der Waals surface area contributed by atoms with Crippen molar-refractivity contribution in [1.29, 1.82) is 0 Å². The first-order valence-electron chi connectivity index (χ1n) is 9.13. The second-order valence-electron chi connectivity index (χ2n) is 8.18. The molecule has 7 heteroatoms. The lowest BCUT2D eigenvalue weighted by molar-refractivity contribution is 0.0952. The second-order valence-corrected chi connectivity index (χ2v) is 9.09. The van der Waals surface area contributed by atoms with E-state index in [9.17, 15) is 9.59 Å². The lowest BCUT2D eigenvalue weighted by Gasteiger charge is -2.22. The van der Waals surface area contributed by atoms with Gasteiger partial charge in [0.2, 0.25) is 0 Å². The predicted molar refractivity (Wildman–Crippen MR) is 102 cm³/mol. The third kappa shape index (κ3) is 3.53. The molecule has 4 rings (SSSR count). The fourth-order valence-corrected chi connectivity index (χ4v) is 3.74. The van der Waals surface area contributed by atoms with Crippen molar-refractivity contribution in [2.45, 2.75) is 64.0 Å². The molecule has 2 aliphatic carbocycles. The van der Waals surface area contributed by atoms with Crippen LogP contribution in [0.15, 0.2) is 17.5 Å². The van der Waals surface area contributed by atoms with Gasteiger partial charge in [0.05, 0.1) is 11.1 Å². The van der Waals surface area contributed by atoms with E-state index >= 15 is 0 Å². The van der Waals surface area contributed by atoms with Crippen LogP contribution in [0.1, 0.15) is 78.9 Å². The number of aromatic nitrogens is 2. The molecule has 2 aliphatic rings. The molecule has 2 aromatic heterocycles. The summed E-state index contributed by atoms with van der Waals surface area (Å²) in [4.78, 5) is 25.1. The maximum Gasteiger partial charge on any atom is 0.276 e. The van der Waals surface area contributed by atoms with Gasteiger partial charge in [-0.3, -0.25) is 14.3 Å². The standard InChI is InChI=1S/C19H24N4O2S/c1-19(2,3)23-15(11-4-5-11)10-14(22-23)17(25)21-18-13(8-9-26-18)16(24)20-12-6-7-12/h8-12H,4-7H2,1-3H3,(H,20,24)(H,21,25). The van der Waals surface area contributed by atoms with Crippen molar-refractivity contribution in [3.05, 3.63) is 34.5 Å². The zero-order valence-electron chi connectivity index (χ0n) is 15.3. The molecule has 2 heterocycles. The largest absolute Gasteiger partial charge is 0.349 e. The number of amides is 2. The van der Waals surface area contributed by atoms with E-state index in [1.165, 1.54) is 11.3 Å². The molecule has 6 nitrogen and oxygen atoms in total. The van der Waals surface area contributed by atoms with Gasteiger partial charge >= 0.3 is 0 Å². The molecule has 0 aromatic carbocycles. The van der Waals surface area contributed by atoms with Crippen molar-refractivity contribution in [1.82, 2.24) is 15.1 Å². The van der Waals surface area contributed by atoms with Gasteiger partial charge in [-0.05, 0) is 64.0 Å². The SMILES string of the molecule is CC(C)(C)n1nc(C(=O)Nc2sccc2C(=O)NC2CC2)cc1C1CC1. The van der Waals surface area contributed by atoms with E-state index < -0.39 is 0 Å². The van der Waals surface area contributed by atoms with Crippen molar-refractivity contribution < 1.29 is 9.59 Å². The minimum absolute atomic E-state index is 0.122. The number of thiophene rings is 1. The van der Waals surface area contributed by atoms with Gasteiger partial charge in [-0.15, -0.1) is 11.3 Å². The van der Waals surface area contributed by atoms with Gasteiger partial charge in [-0.2, -0.15) is 5.10 Å². The van der Waals surface area contributed by atoms with Crippen LogP contribution in [0, 0.1) is 0 Å². The molecule has 0 aliphatic heterocycles. The van der Waals surface area contributed by atoms with Crippen LogP contribution in [-0.4, -0.2) is 27.6 Å². The van der Waals surface area contributed by atoms with Crippen LogP contribution in [0.5, 0.6) is 0 Å². The van der Waals surface area contributed by atoms with E-state index in [0.717, 1.165) is 31.4 Å². The van der Waals surface area contributed by atoms with Crippen molar-refractivity contribution in [3.8, 4) is 0 Å². The van der Waals surface area contributed by atoms with Gasteiger partial charge < -0.3 is 10.6 Å². The Balaban J connectivity index is 1.54. The molecule has 2 aromatic rings. The minimum atomic E-state index is -0.266. The Bertz CT molecular complexity index is 853. The van der Waals surface area contributed by atoms with Crippen LogP contribution >= 0.6 is 11.3 Å². The third-order valence-corrected chi connectivity index (χ3v) is 5.48. The Morgan fingerprint density at radius 2 is 1.92 bits per heavy atom. The molecule has 0 spiro atoms. The molecular weight excluding hydrogens is 348 g/mol. The monoisotopic (exact) mass is 372 g/mol. The fraction of sp³-hybridized carbons (Fsp3) is 0.526. The van der Waals surface area contributed by atoms with Crippen molar-refractivity contribution in [2.24, 2.45) is 0 Å². The Morgan fingerprint density at radius 3 is 2.54 bits per heavy atom. The minimum Gasteiger partial charge on any atom is -0.349 e. The van der Waals surface area contributed by atoms with Gasteiger partial charge in [-0.25, -0.2) is 0 Å². The predicted octanol–water partition coefficient (Wildman–Crippen LogP) is 3.72. The number of nitrogens with one attached hydrogen (secondary N) is 2. The zero-order chi connectivity index (χ0) is 18.5. The summed E-state index contributed by atoms with van der Waals surface area (Å²) >= 11 is 1.36. The fourth-order valence-electron chi connectivity index (χ4n) is 2.96. The maximum absolute atomic E-state index is 12.7. The highest BCUT2D eigenvalue weighted by Gasteiger charge is 2.33. The molecule has 2 N–H and O–H groups in total. The first-order chi connectivity index (χ1) is 12.3. The lowest BCUT2D eigenvalue weighted by atomic mass is 10.1. The number of rotatable bonds is 5.